The second kappa shape index (κ2) is 5.78. The number of hydrogen-bond donors (Lipinski definition) is 0. The average Bonchev–Trinajstić information content (AvgIpc) is 2.50. The van der Waals surface area contributed by atoms with Gasteiger partial charge in [-0.1, -0.05) is 52.3 Å². The SMILES string of the molecule is O=C(Cc1cc(Br)ccc1F)c1ccc2ccccc2c1. The number of fused-ring (bicyclic) bond motifs is 1. The monoisotopic (exact) mass is 342 g/mol. The van der Waals surface area contributed by atoms with Crippen molar-refractivity contribution in [3.63, 3.8) is 0 Å². The first-order chi connectivity index (χ1) is 10.1. The predicted molar refractivity (Wildman–Crippen MR) is 86.1 cm³/mol. The van der Waals surface area contributed by atoms with Crippen LogP contribution in [0.1, 0.15) is 15.9 Å². The fourth-order valence-electron chi connectivity index (χ4n) is 2.32. The Labute approximate surface area is 130 Å². The van der Waals surface area contributed by atoms with Crippen molar-refractivity contribution < 1.29 is 9.18 Å². The molecule has 0 aliphatic carbocycles. The molecule has 3 aromatic carbocycles. The Balaban J connectivity index is 1.91. The van der Waals surface area contributed by atoms with Gasteiger partial charge in [-0.3, -0.25) is 4.79 Å². The molecule has 0 aliphatic rings. The third-order valence-corrected chi connectivity index (χ3v) is 3.92. The molecule has 0 N–H and O–H groups in total. The molecule has 0 radical (unpaired) electrons. The van der Waals surface area contributed by atoms with Crippen LogP contribution in [0.25, 0.3) is 10.8 Å². The number of benzene rings is 3. The van der Waals surface area contributed by atoms with Crippen LogP contribution < -0.4 is 0 Å². The highest BCUT2D eigenvalue weighted by Gasteiger charge is 2.11. The van der Waals surface area contributed by atoms with E-state index in [0.717, 1.165) is 15.2 Å². The zero-order chi connectivity index (χ0) is 14.8. The summed E-state index contributed by atoms with van der Waals surface area (Å²) < 4.78 is 14.5. The van der Waals surface area contributed by atoms with Crippen molar-refractivity contribution in [1.82, 2.24) is 0 Å². The van der Waals surface area contributed by atoms with Gasteiger partial charge < -0.3 is 0 Å². The van der Waals surface area contributed by atoms with Crippen LogP contribution in [0.2, 0.25) is 0 Å². The Morgan fingerprint density at radius 3 is 2.52 bits per heavy atom. The second-order valence-electron chi connectivity index (χ2n) is 4.90. The van der Waals surface area contributed by atoms with Gasteiger partial charge in [0.15, 0.2) is 5.78 Å². The molecule has 21 heavy (non-hydrogen) atoms. The summed E-state index contributed by atoms with van der Waals surface area (Å²) in [5.41, 5.74) is 1.01. The minimum atomic E-state index is -0.354. The first-order valence-corrected chi connectivity index (χ1v) is 7.39. The van der Waals surface area contributed by atoms with Crippen LogP contribution in [0, 0.1) is 5.82 Å². The number of Topliss-reactive ketones (excluding diaryl/α,β-unsaturated/α-hetero) is 1. The van der Waals surface area contributed by atoms with Crippen molar-refractivity contribution in [2.24, 2.45) is 0 Å². The van der Waals surface area contributed by atoms with Gasteiger partial charge in [0, 0.05) is 16.5 Å². The first kappa shape index (κ1) is 14.0. The van der Waals surface area contributed by atoms with Crippen LogP contribution in [-0.4, -0.2) is 5.78 Å². The molecular formula is C18H12BrFO. The Morgan fingerprint density at radius 1 is 0.952 bits per heavy atom. The van der Waals surface area contributed by atoms with E-state index in [1.807, 2.05) is 36.4 Å². The quantitative estimate of drug-likeness (QED) is 0.600. The molecule has 0 spiro atoms. The Hall–Kier alpha value is -2.00. The van der Waals surface area contributed by atoms with E-state index in [-0.39, 0.29) is 18.0 Å². The lowest BCUT2D eigenvalue weighted by Gasteiger charge is -2.05. The van der Waals surface area contributed by atoms with Crippen LogP contribution in [0.4, 0.5) is 4.39 Å². The topological polar surface area (TPSA) is 17.1 Å². The second-order valence-corrected chi connectivity index (χ2v) is 5.81. The summed E-state index contributed by atoms with van der Waals surface area (Å²) in [7, 11) is 0. The molecule has 0 saturated heterocycles. The van der Waals surface area contributed by atoms with E-state index < -0.39 is 0 Å². The van der Waals surface area contributed by atoms with Gasteiger partial charge in [0.1, 0.15) is 5.82 Å². The van der Waals surface area contributed by atoms with Gasteiger partial charge in [0.05, 0.1) is 0 Å². The van der Waals surface area contributed by atoms with Crippen LogP contribution in [0.5, 0.6) is 0 Å². The van der Waals surface area contributed by atoms with Gasteiger partial charge >= 0.3 is 0 Å². The Bertz CT molecular complexity index is 826. The average molecular weight is 343 g/mol. The molecule has 3 heteroatoms. The molecule has 0 saturated carbocycles. The highest BCUT2D eigenvalue weighted by Crippen LogP contribution is 2.20. The summed E-state index contributed by atoms with van der Waals surface area (Å²) in [5, 5.41) is 2.10. The molecule has 0 amide bonds. The van der Waals surface area contributed by atoms with Crippen LogP contribution in [-0.2, 0) is 6.42 Å². The van der Waals surface area contributed by atoms with Crippen LogP contribution >= 0.6 is 15.9 Å². The summed E-state index contributed by atoms with van der Waals surface area (Å²) in [5.74, 6) is -0.440. The molecule has 0 heterocycles. The van der Waals surface area contributed by atoms with Crippen molar-refractivity contribution >= 4 is 32.5 Å². The van der Waals surface area contributed by atoms with E-state index in [1.165, 1.54) is 6.07 Å². The largest absolute Gasteiger partial charge is 0.294 e. The molecule has 0 atom stereocenters. The molecule has 0 aliphatic heterocycles. The number of hydrogen-bond acceptors (Lipinski definition) is 1. The van der Waals surface area contributed by atoms with Gasteiger partial charge in [-0.15, -0.1) is 0 Å². The minimum absolute atomic E-state index is 0.0591. The fraction of sp³-hybridized carbons (Fsp3) is 0.0556. The first-order valence-electron chi connectivity index (χ1n) is 6.59. The number of rotatable bonds is 3. The van der Waals surface area contributed by atoms with Gasteiger partial charge in [-0.2, -0.15) is 0 Å². The van der Waals surface area contributed by atoms with Crippen LogP contribution in [0.3, 0.4) is 0 Å². The number of carbonyl (C=O) groups is 1. The number of halogens is 2. The van der Waals surface area contributed by atoms with Gasteiger partial charge in [0.2, 0.25) is 0 Å². The van der Waals surface area contributed by atoms with Gasteiger partial charge in [-0.25, -0.2) is 4.39 Å². The van der Waals surface area contributed by atoms with E-state index >= 15 is 0 Å². The maximum Gasteiger partial charge on any atom is 0.167 e. The summed E-state index contributed by atoms with van der Waals surface area (Å²) >= 11 is 3.30. The van der Waals surface area contributed by atoms with E-state index in [1.54, 1.807) is 18.2 Å². The fourth-order valence-corrected chi connectivity index (χ4v) is 2.73. The lowest BCUT2D eigenvalue weighted by Crippen LogP contribution is -2.05. The highest BCUT2D eigenvalue weighted by atomic mass is 79.9. The Morgan fingerprint density at radius 2 is 1.71 bits per heavy atom. The summed E-state index contributed by atoms with van der Waals surface area (Å²) in [6.45, 7) is 0. The van der Waals surface area contributed by atoms with Crippen LogP contribution in [0.15, 0.2) is 65.1 Å². The standard InChI is InChI=1S/C18H12BrFO/c19-16-7-8-17(20)15(10-16)11-18(21)14-6-5-12-3-1-2-4-13(12)9-14/h1-10H,11H2. The zero-order valence-corrected chi connectivity index (χ0v) is 12.7. The molecular weight excluding hydrogens is 331 g/mol. The molecule has 3 aromatic rings. The Kier molecular flexibility index (Phi) is 3.84. The van der Waals surface area contributed by atoms with Crippen molar-refractivity contribution in [2.45, 2.75) is 6.42 Å². The highest BCUT2D eigenvalue weighted by molar-refractivity contribution is 9.10. The van der Waals surface area contributed by atoms with Crippen molar-refractivity contribution in [1.29, 1.82) is 0 Å². The summed E-state index contributed by atoms with van der Waals surface area (Å²) in [6.07, 6.45) is 0.0591. The van der Waals surface area contributed by atoms with Crippen molar-refractivity contribution in [3.05, 3.63) is 82.1 Å². The van der Waals surface area contributed by atoms with E-state index in [9.17, 15) is 9.18 Å². The molecule has 0 fully saturated rings. The lowest BCUT2D eigenvalue weighted by atomic mass is 10.00. The predicted octanol–water partition coefficient (Wildman–Crippen LogP) is 5.17. The van der Waals surface area contributed by atoms with E-state index in [4.69, 9.17) is 0 Å². The van der Waals surface area contributed by atoms with Crippen molar-refractivity contribution in [2.75, 3.05) is 0 Å². The molecule has 3 rings (SSSR count). The summed E-state index contributed by atoms with van der Waals surface area (Å²) in [4.78, 5) is 12.3. The van der Waals surface area contributed by atoms with E-state index in [2.05, 4.69) is 15.9 Å². The molecule has 0 aromatic heterocycles. The summed E-state index contributed by atoms with van der Waals surface area (Å²) in [6, 6.07) is 18.1. The minimum Gasteiger partial charge on any atom is -0.294 e. The maximum atomic E-state index is 13.7. The molecule has 104 valence electrons. The number of carbonyl (C=O) groups excluding carboxylic acids is 1. The third kappa shape index (κ3) is 3.03. The molecule has 0 bridgehead atoms. The van der Waals surface area contributed by atoms with E-state index in [0.29, 0.717) is 11.1 Å². The normalized spacial score (nSPS) is 10.8. The van der Waals surface area contributed by atoms with Gasteiger partial charge in [-0.05, 0) is 40.6 Å². The third-order valence-electron chi connectivity index (χ3n) is 3.43. The maximum absolute atomic E-state index is 13.7. The molecule has 1 nitrogen and oxygen atoms in total. The van der Waals surface area contributed by atoms with Crippen molar-refractivity contribution in [3.8, 4) is 0 Å². The van der Waals surface area contributed by atoms with Gasteiger partial charge in [0.25, 0.3) is 0 Å². The molecule has 0 unspecified atom stereocenters. The smallest absolute Gasteiger partial charge is 0.167 e. The lowest BCUT2D eigenvalue weighted by molar-refractivity contribution is 0.0992. The zero-order valence-electron chi connectivity index (χ0n) is 11.1. The number of ketones is 1.